The molecule has 3 nitrogen and oxygen atoms in total. The quantitative estimate of drug-likeness (QED) is 0.141. The van der Waals surface area contributed by atoms with E-state index in [0.29, 0.717) is 0 Å². The van der Waals surface area contributed by atoms with E-state index in [9.17, 15) is 0 Å². The van der Waals surface area contributed by atoms with Gasteiger partial charge in [-0.3, -0.25) is 0 Å². The maximum absolute atomic E-state index is 7.47. The van der Waals surface area contributed by atoms with Crippen molar-refractivity contribution in [1.29, 1.82) is 0 Å². The Kier molecular flexibility index (Phi) is 13.8. The van der Waals surface area contributed by atoms with Crippen molar-refractivity contribution < 1.29 is 30.9 Å². The van der Waals surface area contributed by atoms with E-state index in [-0.39, 0.29) is 57.3 Å². The molecule has 1 heterocycles. The van der Waals surface area contributed by atoms with Crippen molar-refractivity contribution in [3.63, 3.8) is 0 Å². The van der Waals surface area contributed by atoms with Crippen molar-refractivity contribution in [1.82, 2.24) is 0 Å². The Morgan fingerprint density at radius 1 is 0.509 bits per heavy atom. The van der Waals surface area contributed by atoms with Gasteiger partial charge in [0, 0.05) is 16.5 Å². The molecule has 0 amide bonds. The van der Waals surface area contributed by atoms with Gasteiger partial charge < -0.3 is 29.6 Å². The summed E-state index contributed by atoms with van der Waals surface area (Å²) in [5.41, 5.74) is 14.6. The predicted molar refractivity (Wildman–Crippen MR) is 237 cm³/mol. The summed E-state index contributed by atoms with van der Waals surface area (Å²) in [5, 5.41) is 2.54. The van der Waals surface area contributed by atoms with Crippen molar-refractivity contribution in [2.45, 2.75) is 139 Å². The van der Waals surface area contributed by atoms with E-state index in [2.05, 4.69) is 172 Å². The number of ether oxygens (including phenoxy) is 1. The number of benzene rings is 4. The third-order valence-electron chi connectivity index (χ3n) is 10.8. The van der Waals surface area contributed by atoms with Gasteiger partial charge in [-0.05, 0) is 90.3 Å². The van der Waals surface area contributed by atoms with Gasteiger partial charge in [0.25, 0.3) is 0 Å². The third kappa shape index (κ3) is 9.02. The summed E-state index contributed by atoms with van der Waals surface area (Å²) < 4.78 is 7.47. The zero-order valence-corrected chi connectivity index (χ0v) is 41.4. The van der Waals surface area contributed by atoms with Gasteiger partial charge in [-0.15, -0.1) is 11.4 Å². The number of hydrogen-bond donors (Lipinski definition) is 0. The Morgan fingerprint density at radius 2 is 0.792 bits per heavy atom. The van der Waals surface area contributed by atoms with E-state index in [4.69, 9.17) is 14.7 Å². The molecule has 5 rings (SSSR count). The Bertz CT molecular complexity index is 1810. The van der Waals surface area contributed by atoms with Gasteiger partial charge in [-0.1, -0.05) is 163 Å². The van der Waals surface area contributed by atoms with E-state index in [0.717, 1.165) is 22.9 Å². The van der Waals surface area contributed by atoms with Gasteiger partial charge in [-0.2, -0.15) is 0 Å². The molecule has 0 aromatic heterocycles. The van der Waals surface area contributed by atoms with Crippen LogP contribution in [-0.4, -0.2) is 16.5 Å². The minimum Gasteiger partial charge on any atom is -0.683 e. The molecule has 6 heteroatoms. The molecule has 4 aromatic carbocycles. The Morgan fingerprint density at radius 3 is 1.06 bits per heavy atom. The fourth-order valence-electron chi connectivity index (χ4n) is 7.81. The summed E-state index contributed by atoms with van der Waals surface area (Å²) in [4.78, 5) is 11.4. The monoisotopic (exact) mass is 822 g/mol. The molecular formula is C47H68N2OSi2Zr. The first-order valence-electron chi connectivity index (χ1n) is 18.4. The van der Waals surface area contributed by atoms with E-state index in [1.165, 1.54) is 66.0 Å². The van der Waals surface area contributed by atoms with Crippen LogP contribution in [0.25, 0.3) is 9.96 Å². The minimum absolute atomic E-state index is 0. The molecular weight excluding hydrogens is 756 g/mol. The van der Waals surface area contributed by atoms with Gasteiger partial charge in [0.15, 0.2) is 0 Å². The smallest absolute Gasteiger partial charge is 0.683 e. The summed E-state index contributed by atoms with van der Waals surface area (Å²) in [6.45, 7) is 41.4. The van der Waals surface area contributed by atoms with Gasteiger partial charge in [0.05, 0.1) is 0 Å². The second-order valence-corrected chi connectivity index (χ2v) is 26.6. The topological polar surface area (TPSA) is 37.4 Å². The standard InChI is InChI=1S/C45H62N2OSi2.2CH3.Zr/c1-27-19-29(3)39(30(4)20-27)46-49(15,16)37-25-33(43(7,8)9)23-35-41(37)48-42-36(45(35,13)14)24-34(44(10,11)12)26-38(42)50(17,18)47-40-31(5)21-28(2)22-32(40)6;;;/h19-26H,1-18H3;2*1H3;/q-2;2*-1;+4. The maximum Gasteiger partial charge on any atom is 4.00 e. The summed E-state index contributed by atoms with van der Waals surface area (Å²) in [5.74, 6) is 2.02. The zero-order chi connectivity index (χ0) is 37.5. The fraction of sp³-hybridized carbons (Fsp3) is 0.447. The molecule has 1 aliphatic rings. The molecule has 0 N–H and O–H groups in total. The van der Waals surface area contributed by atoms with Crippen molar-refractivity contribution >= 4 is 38.2 Å². The molecule has 0 fully saturated rings. The molecule has 0 atom stereocenters. The van der Waals surface area contributed by atoms with Crippen LogP contribution in [0.2, 0.25) is 26.2 Å². The molecule has 0 unspecified atom stereocenters. The van der Waals surface area contributed by atoms with E-state index < -0.39 is 16.5 Å². The van der Waals surface area contributed by atoms with Gasteiger partial charge in [0.1, 0.15) is 11.5 Å². The van der Waals surface area contributed by atoms with Crippen LogP contribution in [0.1, 0.15) is 111 Å². The van der Waals surface area contributed by atoms with Crippen molar-refractivity contribution in [2.75, 3.05) is 0 Å². The van der Waals surface area contributed by atoms with Crippen LogP contribution in [0, 0.1) is 56.4 Å². The molecule has 0 saturated carbocycles. The summed E-state index contributed by atoms with van der Waals surface area (Å²) in [7, 11) is -4.94. The number of nitrogens with zero attached hydrogens (tertiary/aromatic N) is 2. The van der Waals surface area contributed by atoms with Crippen molar-refractivity contribution in [3.8, 4) is 11.5 Å². The fourth-order valence-corrected chi connectivity index (χ4v) is 12.4. The summed E-state index contributed by atoms with van der Waals surface area (Å²) >= 11 is 0. The summed E-state index contributed by atoms with van der Waals surface area (Å²) in [6.07, 6.45) is 0. The molecule has 1 aliphatic heterocycles. The molecule has 53 heavy (non-hydrogen) atoms. The minimum atomic E-state index is -2.47. The zero-order valence-electron chi connectivity index (χ0n) is 36.9. The number of aryl methyl sites for hydroxylation is 6. The van der Waals surface area contributed by atoms with Gasteiger partial charge >= 0.3 is 26.2 Å². The Labute approximate surface area is 346 Å². The van der Waals surface area contributed by atoms with E-state index in [1.807, 2.05) is 0 Å². The SMILES string of the molecule is Cc1cc(C)c([N-][Si](C)(C)c2cc(C(C)(C)C)cc3c2Oc2c(cc(C(C)(C)C)cc2[Si](C)(C)[N-]c2c(C)cc(C)cc2C)C3(C)C)c(C)c1.[CH3-].[CH3-].[Zr+4]. The van der Waals surface area contributed by atoms with Crippen molar-refractivity contribution in [2.24, 2.45) is 0 Å². The average molecular weight is 824 g/mol. The maximum atomic E-state index is 7.47. The van der Waals surface area contributed by atoms with Crippen LogP contribution in [0.3, 0.4) is 0 Å². The van der Waals surface area contributed by atoms with Crippen LogP contribution in [0.15, 0.2) is 48.5 Å². The van der Waals surface area contributed by atoms with Gasteiger partial charge in [0.2, 0.25) is 0 Å². The second kappa shape index (κ2) is 15.6. The largest absolute Gasteiger partial charge is 4.00 e. The summed E-state index contributed by atoms with van der Waals surface area (Å²) in [6, 6.07) is 18.8. The normalized spacial score (nSPS) is 13.7. The molecule has 4 aromatic rings. The number of fused-ring (bicyclic) bond motifs is 2. The molecule has 0 spiro atoms. The number of rotatable bonds is 6. The molecule has 0 aliphatic carbocycles. The van der Waals surface area contributed by atoms with Crippen LogP contribution in [0.4, 0.5) is 11.4 Å². The Hall–Kier alpha value is -2.40. The van der Waals surface area contributed by atoms with Crippen LogP contribution < -0.4 is 15.1 Å². The average Bonchev–Trinajstić information content (AvgIpc) is 2.95. The first-order chi connectivity index (χ1) is 22.7. The van der Waals surface area contributed by atoms with Crippen LogP contribution >= 0.6 is 0 Å². The molecule has 0 bridgehead atoms. The first-order valence-corrected chi connectivity index (χ1v) is 24.3. The van der Waals surface area contributed by atoms with Crippen molar-refractivity contribution in [3.05, 3.63) is 129 Å². The first kappa shape index (κ1) is 46.8. The molecule has 0 radical (unpaired) electrons. The van der Waals surface area contributed by atoms with Crippen LogP contribution in [-0.2, 0) is 42.4 Å². The molecule has 284 valence electrons. The number of hydrogen-bond acceptors (Lipinski definition) is 1. The van der Waals surface area contributed by atoms with E-state index in [1.54, 1.807) is 0 Å². The van der Waals surface area contributed by atoms with Gasteiger partial charge in [-0.25, -0.2) is 0 Å². The van der Waals surface area contributed by atoms with E-state index >= 15 is 0 Å². The molecule has 0 saturated heterocycles. The second-order valence-electron chi connectivity index (χ2n) is 18.9. The third-order valence-corrected chi connectivity index (χ3v) is 15.8. The predicted octanol–water partition coefficient (Wildman–Crippen LogP) is 13.7. The van der Waals surface area contributed by atoms with Crippen LogP contribution in [0.5, 0.6) is 11.5 Å². The Balaban J connectivity index is 0.00000324.